The maximum atomic E-state index is 12.3. The van der Waals surface area contributed by atoms with Crippen LogP contribution in [0.4, 0.5) is 0 Å². The van der Waals surface area contributed by atoms with Crippen molar-refractivity contribution in [2.45, 2.75) is 13.8 Å². The summed E-state index contributed by atoms with van der Waals surface area (Å²) < 4.78 is 1.12. The standard InChI is InChI=1S/C18H21N3O2S/c1-13(2)18(23)21-11-9-20(10-12-21)17(22)8-7-16-19-14-5-3-4-6-15(14)24-16/h3-8,13H,9-12H2,1-2H3. The van der Waals surface area contributed by atoms with E-state index in [1.807, 2.05) is 43.0 Å². The van der Waals surface area contributed by atoms with Crippen molar-refractivity contribution in [2.75, 3.05) is 26.2 Å². The second-order valence-electron chi connectivity index (χ2n) is 6.16. The Balaban J connectivity index is 1.58. The third-order valence-corrected chi connectivity index (χ3v) is 5.08. The van der Waals surface area contributed by atoms with E-state index in [-0.39, 0.29) is 17.7 Å². The van der Waals surface area contributed by atoms with Crippen LogP contribution in [-0.2, 0) is 9.59 Å². The van der Waals surface area contributed by atoms with Crippen LogP contribution in [0, 0.1) is 5.92 Å². The predicted octanol–water partition coefficient (Wildman–Crippen LogP) is 2.64. The second-order valence-corrected chi connectivity index (χ2v) is 7.22. The Hall–Kier alpha value is -2.21. The molecule has 0 unspecified atom stereocenters. The summed E-state index contributed by atoms with van der Waals surface area (Å²) in [4.78, 5) is 32.4. The van der Waals surface area contributed by atoms with Crippen LogP contribution >= 0.6 is 11.3 Å². The van der Waals surface area contributed by atoms with Gasteiger partial charge in [-0.3, -0.25) is 9.59 Å². The lowest BCUT2D eigenvalue weighted by Crippen LogP contribution is -2.51. The molecule has 3 rings (SSSR count). The average molecular weight is 343 g/mol. The number of hydrogen-bond acceptors (Lipinski definition) is 4. The number of fused-ring (bicyclic) bond motifs is 1. The third kappa shape index (κ3) is 3.64. The second kappa shape index (κ2) is 7.13. The van der Waals surface area contributed by atoms with Gasteiger partial charge in [-0.25, -0.2) is 4.98 Å². The minimum absolute atomic E-state index is 0.00572. The number of benzene rings is 1. The first-order valence-electron chi connectivity index (χ1n) is 8.16. The van der Waals surface area contributed by atoms with E-state index in [1.54, 1.807) is 28.4 Å². The smallest absolute Gasteiger partial charge is 0.246 e. The summed E-state index contributed by atoms with van der Waals surface area (Å²) >= 11 is 1.57. The minimum atomic E-state index is -0.0223. The van der Waals surface area contributed by atoms with Crippen LogP contribution in [-0.4, -0.2) is 52.8 Å². The molecule has 1 aliphatic rings. The highest BCUT2D eigenvalue weighted by Gasteiger charge is 2.24. The van der Waals surface area contributed by atoms with E-state index in [1.165, 1.54) is 0 Å². The SMILES string of the molecule is CC(C)C(=O)N1CCN(C(=O)C=Cc2nc3ccccc3s2)CC1. The molecule has 1 fully saturated rings. The lowest BCUT2D eigenvalue weighted by molar-refractivity contribution is -0.139. The molecule has 0 bridgehead atoms. The highest BCUT2D eigenvalue weighted by Crippen LogP contribution is 2.22. The summed E-state index contributed by atoms with van der Waals surface area (Å²) in [6.45, 7) is 6.19. The van der Waals surface area contributed by atoms with Crippen molar-refractivity contribution in [1.29, 1.82) is 0 Å². The molecule has 1 aliphatic heterocycles. The Labute approximate surface area is 145 Å². The number of nitrogens with zero attached hydrogens (tertiary/aromatic N) is 3. The van der Waals surface area contributed by atoms with Gasteiger partial charge in [-0.05, 0) is 18.2 Å². The quantitative estimate of drug-likeness (QED) is 0.805. The summed E-state index contributed by atoms with van der Waals surface area (Å²) in [5.41, 5.74) is 0.954. The lowest BCUT2D eigenvalue weighted by atomic mass is 10.1. The molecule has 0 atom stereocenters. The van der Waals surface area contributed by atoms with Gasteiger partial charge in [0, 0.05) is 38.2 Å². The predicted molar refractivity (Wildman–Crippen MR) is 96.7 cm³/mol. The van der Waals surface area contributed by atoms with Crippen LogP contribution < -0.4 is 0 Å². The van der Waals surface area contributed by atoms with Gasteiger partial charge in [-0.2, -0.15) is 0 Å². The fourth-order valence-corrected chi connectivity index (χ4v) is 3.59. The number of rotatable bonds is 3. The Morgan fingerprint density at radius 1 is 1.12 bits per heavy atom. The van der Waals surface area contributed by atoms with Crippen LogP contribution in [0.2, 0.25) is 0 Å². The Kier molecular flexibility index (Phi) is 4.94. The number of carbonyl (C=O) groups excluding carboxylic acids is 2. The molecule has 0 aliphatic carbocycles. The van der Waals surface area contributed by atoms with E-state index >= 15 is 0 Å². The first-order chi connectivity index (χ1) is 11.5. The molecule has 2 heterocycles. The van der Waals surface area contributed by atoms with Crippen LogP contribution in [0.1, 0.15) is 18.9 Å². The van der Waals surface area contributed by atoms with Crippen molar-refractivity contribution in [3.05, 3.63) is 35.3 Å². The average Bonchev–Trinajstić information content (AvgIpc) is 3.02. The van der Waals surface area contributed by atoms with Gasteiger partial charge < -0.3 is 9.80 Å². The van der Waals surface area contributed by atoms with Crippen molar-refractivity contribution in [2.24, 2.45) is 5.92 Å². The molecule has 2 amide bonds. The molecule has 0 saturated carbocycles. The Morgan fingerprint density at radius 2 is 1.79 bits per heavy atom. The summed E-state index contributed by atoms with van der Waals surface area (Å²) in [5, 5.41) is 0.832. The van der Waals surface area contributed by atoms with Gasteiger partial charge in [0.1, 0.15) is 5.01 Å². The molecule has 0 spiro atoms. The first-order valence-corrected chi connectivity index (χ1v) is 8.97. The number of piperazine rings is 1. The van der Waals surface area contributed by atoms with E-state index < -0.39 is 0 Å². The van der Waals surface area contributed by atoms with Gasteiger partial charge in [0.25, 0.3) is 0 Å². The van der Waals surface area contributed by atoms with E-state index in [0.717, 1.165) is 15.2 Å². The molecule has 24 heavy (non-hydrogen) atoms. The fourth-order valence-electron chi connectivity index (χ4n) is 2.72. The summed E-state index contributed by atoms with van der Waals surface area (Å²) in [7, 11) is 0. The number of carbonyl (C=O) groups is 2. The van der Waals surface area contributed by atoms with Crippen LogP contribution in [0.25, 0.3) is 16.3 Å². The molecule has 2 aromatic rings. The third-order valence-electron chi connectivity index (χ3n) is 4.08. The molecule has 6 heteroatoms. The normalized spacial score (nSPS) is 15.6. The van der Waals surface area contributed by atoms with Crippen LogP contribution in [0.3, 0.4) is 0 Å². The molecule has 5 nitrogen and oxygen atoms in total. The Morgan fingerprint density at radius 3 is 2.46 bits per heavy atom. The zero-order chi connectivity index (χ0) is 17.1. The summed E-state index contributed by atoms with van der Waals surface area (Å²) in [5.74, 6) is 0.143. The van der Waals surface area contributed by atoms with E-state index in [4.69, 9.17) is 0 Å². The van der Waals surface area contributed by atoms with E-state index in [0.29, 0.717) is 26.2 Å². The molecule has 0 N–H and O–H groups in total. The molecular weight excluding hydrogens is 322 g/mol. The maximum absolute atomic E-state index is 12.3. The minimum Gasteiger partial charge on any atom is -0.339 e. The van der Waals surface area contributed by atoms with Gasteiger partial charge in [-0.1, -0.05) is 26.0 Å². The summed E-state index contributed by atoms with van der Waals surface area (Å²) in [6, 6.07) is 7.93. The van der Waals surface area contributed by atoms with E-state index in [9.17, 15) is 9.59 Å². The van der Waals surface area contributed by atoms with Crippen molar-refractivity contribution in [3.63, 3.8) is 0 Å². The molecule has 1 aromatic heterocycles. The van der Waals surface area contributed by atoms with Gasteiger partial charge in [-0.15, -0.1) is 11.3 Å². The topological polar surface area (TPSA) is 53.5 Å². The summed E-state index contributed by atoms with van der Waals surface area (Å²) in [6.07, 6.45) is 3.36. The van der Waals surface area contributed by atoms with Crippen molar-refractivity contribution >= 4 is 39.4 Å². The van der Waals surface area contributed by atoms with Gasteiger partial charge in [0.15, 0.2) is 0 Å². The highest BCUT2D eigenvalue weighted by molar-refractivity contribution is 7.19. The van der Waals surface area contributed by atoms with Gasteiger partial charge in [0.05, 0.1) is 10.2 Å². The number of para-hydroxylation sites is 1. The Bertz CT molecular complexity index is 740. The van der Waals surface area contributed by atoms with E-state index in [2.05, 4.69) is 4.98 Å². The molecule has 1 saturated heterocycles. The number of amides is 2. The molecule has 126 valence electrons. The molecular formula is C18H21N3O2S. The monoisotopic (exact) mass is 343 g/mol. The molecule has 1 aromatic carbocycles. The van der Waals surface area contributed by atoms with Crippen LogP contribution in [0.15, 0.2) is 30.3 Å². The number of aromatic nitrogens is 1. The van der Waals surface area contributed by atoms with Crippen molar-refractivity contribution in [1.82, 2.24) is 14.8 Å². The highest BCUT2D eigenvalue weighted by atomic mass is 32.1. The zero-order valence-corrected chi connectivity index (χ0v) is 14.8. The van der Waals surface area contributed by atoms with Gasteiger partial charge in [0.2, 0.25) is 11.8 Å². The van der Waals surface area contributed by atoms with Gasteiger partial charge >= 0.3 is 0 Å². The number of thiazole rings is 1. The maximum Gasteiger partial charge on any atom is 0.246 e. The first kappa shape index (κ1) is 16.6. The molecule has 0 radical (unpaired) electrons. The largest absolute Gasteiger partial charge is 0.339 e. The van der Waals surface area contributed by atoms with Crippen molar-refractivity contribution < 1.29 is 9.59 Å². The number of hydrogen-bond donors (Lipinski definition) is 0. The van der Waals surface area contributed by atoms with Crippen molar-refractivity contribution in [3.8, 4) is 0 Å². The van der Waals surface area contributed by atoms with Crippen LogP contribution in [0.5, 0.6) is 0 Å². The lowest BCUT2D eigenvalue weighted by Gasteiger charge is -2.35. The fraction of sp³-hybridized carbons (Fsp3) is 0.389. The zero-order valence-electron chi connectivity index (χ0n) is 13.9.